The van der Waals surface area contributed by atoms with Crippen LogP contribution in [0.1, 0.15) is 36.5 Å². The van der Waals surface area contributed by atoms with E-state index in [1.54, 1.807) is 12.1 Å². The molecule has 0 aromatic heterocycles. The third-order valence-corrected chi connectivity index (χ3v) is 2.27. The average molecular weight is 192 g/mol. The van der Waals surface area contributed by atoms with Crippen LogP contribution in [0.4, 0.5) is 0 Å². The van der Waals surface area contributed by atoms with Gasteiger partial charge in [-0.25, -0.2) is 0 Å². The maximum absolute atomic E-state index is 11.6. The first-order chi connectivity index (χ1) is 6.74. The summed E-state index contributed by atoms with van der Waals surface area (Å²) in [5, 5.41) is 9.30. The second kappa shape index (κ2) is 5.55. The van der Waals surface area contributed by atoms with Crippen molar-refractivity contribution >= 4 is 5.78 Å². The van der Waals surface area contributed by atoms with Crippen molar-refractivity contribution in [3.05, 3.63) is 35.9 Å². The van der Waals surface area contributed by atoms with Gasteiger partial charge in [0.2, 0.25) is 0 Å². The number of hydrogen-bond donors (Lipinski definition) is 1. The van der Waals surface area contributed by atoms with Gasteiger partial charge in [-0.3, -0.25) is 4.79 Å². The Morgan fingerprint density at radius 3 is 2.57 bits per heavy atom. The van der Waals surface area contributed by atoms with Gasteiger partial charge in [-0.1, -0.05) is 37.3 Å². The minimum atomic E-state index is -0.345. The van der Waals surface area contributed by atoms with Gasteiger partial charge in [-0.15, -0.1) is 0 Å². The molecule has 1 rings (SSSR count). The van der Waals surface area contributed by atoms with Gasteiger partial charge in [0.15, 0.2) is 5.78 Å². The molecule has 0 fully saturated rings. The van der Waals surface area contributed by atoms with E-state index in [4.69, 9.17) is 0 Å². The summed E-state index contributed by atoms with van der Waals surface area (Å²) in [6.45, 7) is 1.91. The van der Waals surface area contributed by atoms with E-state index in [2.05, 4.69) is 0 Å². The van der Waals surface area contributed by atoms with Gasteiger partial charge in [-0.05, 0) is 12.8 Å². The lowest BCUT2D eigenvalue weighted by molar-refractivity contribution is 0.0937. The number of carbonyl (C=O) groups is 1. The highest BCUT2D eigenvalue weighted by atomic mass is 16.3. The molecule has 2 heteroatoms. The Hall–Kier alpha value is -1.15. The molecule has 0 spiro atoms. The highest BCUT2D eigenvalue weighted by molar-refractivity contribution is 5.95. The number of Topliss-reactive ketones (excluding diaryl/α,β-unsaturated/α-hetero) is 1. The first-order valence-corrected chi connectivity index (χ1v) is 5.00. The SMILES string of the molecule is CC[C@@H](O)CCC(=O)c1ccccc1. The minimum Gasteiger partial charge on any atom is -0.393 e. The maximum Gasteiger partial charge on any atom is 0.162 e. The molecular formula is C12H16O2. The van der Waals surface area contributed by atoms with Crippen molar-refractivity contribution in [3.8, 4) is 0 Å². The molecular weight excluding hydrogens is 176 g/mol. The summed E-state index contributed by atoms with van der Waals surface area (Å²) in [7, 11) is 0. The molecule has 0 saturated carbocycles. The number of carbonyl (C=O) groups excluding carboxylic acids is 1. The van der Waals surface area contributed by atoms with Crippen LogP contribution in [-0.4, -0.2) is 17.0 Å². The number of rotatable bonds is 5. The smallest absolute Gasteiger partial charge is 0.162 e. The number of hydrogen-bond acceptors (Lipinski definition) is 2. The number of ketones is 1. The van der Waals surface area contributed by atoms with Gasteiger partial charge in [0.25, 0.3) is 0 Å². The second-order valence-electron chi connectivity index (χ2n) is 3.39. The fraction of sp³-hybridized carbons (Fsp3) is 0.417. The van der Waals surface area contributed by atoms with Gasteiger partial charge in [0.05, 0.1) is 6.10 Å². The molecule has 0 aliphatic carbocycles. The Kier molecular flexibility index (Phi) is 4.33. The zero-order chi connectivity index (χ0) is 10.4. The Morgan fingerprint density at radius 1 is 1.36 bits per heavy atom. The molecule has 1 N–H and O–H groups in total. The molecule has 0 aliphatic rings. The lowest BCUT2D eigenvalue weighted by Crippen LogP contribution is -2.08. The fourth-order valence-electron chi connectivity index (χ4n) is 1.27. The summed E-state index contributed by atoms with van der Waals surface area (Å²) in [6.07, 6.45) is 1.35. The maximum atomic E-state index is 11.6. The van der Waals surface area contributed by atoms with Crippen molar-refractivity contribution in [1.29, 1.82) is 0 Å². The molecule has 14 heavy (non-hydrogen) atoms. The largest absolute Gasteiger partial charge is 0.393 e. The van der Waals surface area contributed by atoms with Crippen LogP contribution in [0.3, 0.4) is 0 Å². The number of aliphatic hydroxyl groups is 1. The van der Waals surface area contributed by atoms with E-state index < -0.39 is 0 Å². The summed E-state index contributed by atoms with van der Waals surface area (Å²) in [5.74, 6) is 0.109. The summed E-state index contributed by atoms with van der Waals surface area (Å²) in [5.41, 5.74) is 0.732. The fourth-order valence-corrected chi connectivity index (χ4v) is 1.27. The third kappa shape index (κ3) is 3.30. The molecule has 2 nitrogen and oxygen atoms in total. The topological polar surface area (TPSA) is 37.3 Å². The van der Waals surface area contributed by atoms with Gasteiger partial charge >= 0.3 is 0 Å². The standard InChI is InChI=1S/C12H16O2/c1-2-11(13)8-9-12(14)10-6-4-3-5-7-10/h3-7,11,13H,2,8-9H2,1H3/t11-/m1/s1. The van der Waals surface area contributed by atoms with Gasteiger partial charge < -0.3 is 5.11 Å². The molecule has 1 aromatic rings. The van der Waals surface area contributed by atoms with Crippen LogP contribution in [0.25, 0.3) is 0 Å². The predicted octanol–water partition coefficient (Wildman–Crippen LogP) is 2.42. The summed E-state index contributed by atoms with van der Waals surface area (Å²) >= 11 is 0. The molecule has 0 amide bonds. The van der Waals surface area contributed by atoms with Gasteiger partial charge in [0.1, 0.15) is 0 Å². The van der Waals surface area contributed by atoms with Gasteiger partial charge in [-0.2, -0.15) is 0 Å². The van der Waals surface area contributed by atoms with E-state index >= 15 is 0 Å². The molecule has 0 aliphatic heterocycles. The van der Waals surface area contributed by atoms with Crippen LogP contribution in [0, 0.1) is 0 Å². The number of benzene rings is 1. The van der Waals surface area contributed by atoms with E-state index in [1.165, 1.54) is 0 Å². The summed E-state index contributed by atoms with van der Waals surface area (Å²) in [6, 6.07) is 9.20. The molecule has 1 aromatic carbocycles. The Bertz CT molecular complexity index is 280. The van der Waals surface area contributed by atoms with Crippen molar-refractivity contribution in [2.75, 3.05) is 0 Å². The monoisotopic (exact) mass is 192 g/mol. The highest BCUT2D eigenvalue weighted by Gasteiger charge is 2.07. The molecule has 0 bridgehead atoms. The zero-order valence-corrected chi connectivity index (χ0v) is 8.44. The normalized spacial score (nSPS) is 12.4. The lowest BCUT2D eigenvalue weighted by atomic mass is 10.0. The zero-order valence-electron chi connectivity index (χ0n) is 8.44. The van der Waals surface area contributed by atoms with Crippen molar-refractivity contribution in [2.24, 2.45) is 0 Å². The number of aliphatic hydroxyl groups excluding tert-OH is 1. The van der Waals surface area contributed by atoms with Gasteiger partial charge in [0, 0.05) is 12.0 Å². The third-order valence-electron chi connectivity index (χ3n) is 2.27. The quantitative estimate of drug-likeness (QED) is 0.727. The highest BCUT2D eigenvalue weighted by Crippen LogP contribution is 2.08. The summed E-state index contributed by atoms with van der Waals surface area (Å²) in [4.78, 5) is 11.6. The molecule has 0 heterocycles. The second-order valence-corrected chi connectivity index (χ2v) is 3.39. The Labute approximate surface area is 84.6 Å². The van der Waals surface area contributed by atoms with Crippen molar-refractivity contribution in [2.45, 2.75) is 32.3 Å². The van der Waals surface area contributed by atoms with E-state index in [0.29, 0.717) is 19.3 Å². The lowest BCUT2D eigenvalue weighted by Gasteiger charge is -2.06. The first kappa shape index (κ1) is 10.9. The summed E-state index contributed by atoms with van der Waals surface area (Å²) < 4.78 is 0. The average Bonchev–Trinajstić information content (AvgIpc) is 2.26. The van der Waals surface area contributed by atoms with E-state index in [1.807, 2.05) is 25.1 Å². The van der Waals surface area contributed by atoms with Crippen molar-refractivity contribution < 1.29 is 9.90 Å². The van der Waals surface area contributed by atoms with E-state index in [-0.39, 0.29) is 11.9 Å². The van der Waals surface area contributed by atoms with Crippen LogP contribution in [0.2, 0.25) is 0 Å². The predicted molar refractivity (Wildman–Crippen MR) is 56.3 cm³/mol. The van der Waals surface area contributed by atoms with Crippen LogP contribution < -0.4 is 0 Å². The molecule has 76 valence electrons. The molecule has 0 unspecified atom stereocenters. The van der Waals surface area contributed by atoms with Crippen LogP contribution in [-0.2, 0) is 0 Å². The van der Waals surface area contributed by atoms with E-state index in [0.717, 1.165) is 5.56 Å². The van der Waals surface area contributed by atoms with Crippen molar-refractivity contribution in [1.82, 2.24) is 0 Å². The van der Waals surface area contributed by atoms with E-state index in [9.17, 15) is 9.90 Å². The Morgan fingerprint density at radius 2 is 2.00 bits per heavy atom. The van der Waals surface area contributed by atoms with Crippen LogP contribution >= 0.6 is 0 Å². The molecule has 0 saturated heterocycles. The Balaban J connectivity index is 2.44. The first-order valence-electron chi connectivity index (χ1n) is 5.00. The molecule has 0 radical (unpaired) electrons. The van der Waals surface area contributed by atoms with Crippen LogP contribution in [0.5, 0.6) is 0 Å². The molecule has 1 atom stereocenters. The van der Waals surface area contributed by atoms with Crippen LogP contribution in [0.15, 0.2) is 30.3 Å². The minimum absolute atomic E-state index is 0.109. The van der Waals surface area contributed by atoms with Crippen molar-refractivity contribution in [3.63, 3.8) is 0 Å².